The highest BCUT2D eigenvalue weighted by molar-refractivity contribution is 7.89. The molecule has 0 bridgehead atoms. The number of carboxylic acids is 1. The molecule has 0 aliphatic heterocycles. The second-order valence-electron chi connectivity index (χ2n) is 5.18. The maximum absolute atomic E-state index is 12.9. The van der Waals surface area contributed by atoms with Crippen LogP contribution in [0.1, 0.15) is 12.5 Å². The molecule has 0 atom stereocenters. The number of hydrogen-bond donors (Lipinski definition) is 1. The van der Waals surface area contributed by atoms with E-state index in [2.05, 4.69) is 0 Å². The van der Waals surface area contributed by atoms with Crippen molar-refractivity contribution >= 4 is 27.6 Å². The normalized spacial score (nSPS) is 11.5. The molecule has 0 heterocycles. The summed E-state index contributed by atoms with van der Waals surface area (Å²) < 4.78 is 31.9. The Morgan fingerprint density at radius 2 is 1.88 bits per heavy atom. The summed E-state index contributed by atoms with van der Waals surface area (Å²) in [6.45, 7) is 1.47. The fraction of sp³-hybridized carbons (Fsp3) is 0.235. The highest BCUT2D eigenvalue weighted by Gasteiger charge is 2.27. The quantitative estimate of drug-likeness (QED) is 0.757. The van der Waals surface area contributed by atoms with E-state index in [1.807, 2.05) is 0 Å². The van der Waals surface area contributed by atoms with Crippen LogP contribution in [-0.2, 0) is 21.4 Å². The summed E-state index contributed by atoms with van der Waals surface area (Å²) >= 11 is 6.06. The lowest BCUT2D eigenvalue weighted by Crippen LogP contribution is -2.35. The van der Waals surface area contributed by atoms with E-state index in [1.54, 1.807) is 37.3 Å². The van der Waals surface area contributed by atoms with E-state index in [0.29, 0.717) is 17.9 Å². The minimum atomic E-state index is -4.04. The maximum Gasteiger partial charge on any atom is 0.318 e. The summed E-state index contributed by atoms with van der Waals surface area (Å²) in [7, 11) is -4.04. The lowest BCUT2D eigenvalue weighted by Gasteiger charge is -2.21. The van der Waals surface area contributed by atoms with Crippen molar-refractivity contribution in [2.45, 2.75) is 18.4 Å². The van der Waals surface area contributed by atoms with Crippen LogP contribution < -0.4 is 4.74 Å². The number of sulfonamides is 1. The molecule has 1 N–H and O–H groups in total. The molecule has 2 aromatic carbocycles. The van der Waals surface area contributed by atoms with Gasteiger partial charge in [0.05, 0.1) is 16.5 Å². The van der Waals surface area contributed by atoms with Gasteiger partial charge in [0, 0.05) is 6.54 Å². The highest BCUT2D eigenvalue weighted by atomic mass is 35.5. The van der Waals surface area contributed by atoms with Crippen molar-refractivity contribution < 1.29 is 23.1 Å². The van der Waals surface area contributed by atoms with E-state index >= 15 is 0 Å². The van der Waals surface area contributed by atoms with Crippen LogP contribution >= 0.6 is 11.6 Å². The minimum absolute atomic E-state index is 0.0553. The van der Waals surface area contributed by atoms with Crippen molar-refractivity contribution in [3.63, 3.8) is 0 Å². The molecule has 134 valence electrons. The lowest BCUT2D eigenvalue weighted by atomic mass is 10.2. The molecular weight excluding hydrogens is 366 g/mol. The minimum Gasteiger partial charge on any atom is -0.492 e. The van der Waals surface area contributed by atoms with Crippen LogP contribution in [0, 0.1) is 0 Å². The number of nitrogens with zero attached hydrogens (tertiary/aromatic N) is 1. The van der Waals surface area contributed by atoms with Gasteiger partial charge < -0.3 is 9.84 Å². The third-order valence-corrected chi connectivity index (χ3v) is 5.44. The Bertz CT molecular complexity index is 839. The van der Waals surface area contributed by atoms with E-state index in [9.17, 15) is 13.2 Å². The van der Waals surface area contributed by atoms with Gasteiger partial charge in [-0.25, -0.2) is 8.42 Å². The SMILES string of the molecule is CCOc1ccc(S(=O)(=O)N(CC(=O)O)Cc2ccccc2)cc1Cl. The molecule has 25 heavy (non-hydrogen) atoms. The first-order valence-electron chi connectivity index (χ1n) is 7.52. The Morgan fingerprint density at radius 3 is 2.44 bits per heavy atom. The van der Waals surface area contributed by atoms with Crippen molar-refractivity contribution in [2.24, 2.45) is 0 Å². The topological polar surface area (TPSA) is 83.9 Å². The number of hydrogen-bond acceptors (Lipinski definition) is 4. The summed E-state index contributed by atoms with van der Waals surface area (Å²) in [5, 5.41) is 9.24. The first kappa shape index (κ1) is 19.2. The fourth-order valence-electron chi connectivity index (χ4n) is 2.23. The van der Waals surface area contributed by atoms with Crippen LogP contribution in [0.15, 0.2) is 53.4 Å². The first-order chi connectivity index (χ1) is 11.8. The summed E-state index contributed by atoms with van der Waals surface area (Å²) in [6, 6.07) is 12.9. The standard InChI is InChI=1S/C17H18ClNO5S/c1-2-24-16-9-8-14(10-15(16)18)25(22,23)19(12-17(20)21)11-13-6-4-3-5-7-13/h3-10H,2,11-12H2,1H3,(H,20,21). The Morgan fingerprint density at radius 1 is 1.20 bits per heavy atom. The summed E-state index contributed by atoms with van der Waals surface area (Å²) in [5.41, 5.74) is 0.685. The molecule has 8 heteroatoms. The molecule has 0 saturated carbocycles. The summed E-state index contributed by atoms with van der Waals surface area (Å²) in [4.78, 5) is 11.0. The number of halogens is 1. The van der Waals surface area contributed by atoms with Gasteiger partial charge in [0.15, 0.2) is 0 Å². The van der Waals surface area contributed by atoms with Gasteiger partial charge in [0.1, 0.15) is 12.3 Å². The Hall–Kier alpha value is -2.09. The second-order valence-corrected chi connectivity index (χ2v) is 7.52. The molecule has 0 aromatic heterocycles. The van der Waals surface area contributed by atoms with Crippen molar-refractivity contribution in [1.82, 2.24) is 4.31 Å². The average molecular weight is 384 g/mol. The van der Waals surface area contributed by atoms with Crippen LogP contribution in [0.25, 0.3) is 0 Å². The Balaban J connectivity index is 2.37. The molecule has 6 nitrogen and oxygen atoms in total. The van der Waals surface area contributed by atoms with Crippen LogP contribution in [-0.4, -0.2) is 37.0 Å². The molecule has 0 unspecified atom stereocenters. The van der Waals surface area contributed by atoms with Gasteiger partial charge in [-0.15, -0.1) is 0 Å². The molecular formula is C17H18ClNO5S. The van der Waals surface area contributed by atoms with E-state index in [0.717, 1.165) is 4.31 Å². The number of ether oxygens (including phenoxy) is 1. The summed E-state index contributed by atoms with van der Waals surface area (Å²) in [5.74, 6) is -0.868. The van der Waals surface area contributed by atoms with Gasteiger partial charge in [0.25, 0.3) is 0 Å². The second kappa shape index (κ2) is 8.33. The smallest absolute Gasteiger partial charge is 0.318 e. The number of aliphatic carboxylic acids is 1. The van der Waals surface area contributed by atoms with Crippen LogP contribution in [0.2, 0.25) is 5.02 Å². The van der Waals surface area contributed by atoms with Crippen LogP contribution in [0.5, 0.6) is 5.75 Å². The zero-order valence-corrected chi connectivity index (χ0v) is 15.1. The van der Waals surface area contributed by atoms with Gasteiger partial charge in [-0.1, -0.05) is 41.9 Å². The van der Waals surface area contributed by atoms with Crippen molar-refractivity contribution in [3.8, 4) is 5.75 Å². The lowest BCUT2D eigenvalue weighted by molar-refractivity contribution is -0.137. The van der Waals surface area contributed by atoms with E-state index in [4.69, 9.17) is 21.4 Å². The predicted molar refractivity (Wildman–Crippen MR) is 94.3 cm³/mol. The third kappa shape index (κ3) is 4.94. The highest BCUT2D eigenvalue weighted by Crippen LogP contribution is 2.29. The van der Waals surface area contributed by atoms with E-state index in [-0.39, 0.29) is 16.5 Å². The number of benzene rings is 2. The van der Waals surface area contributed by atoms with Gasteiger partial charge >= 0.3 is 5.97 Å². The first-order valence-corrected chi connectivity index (χ1v) is 9.34. The van der Waals surface area contributed by atoms with E-state index < -0.39 is 22.5 Å². The van der Waals surface area contributed by atoms with Gasteiger partial charge in [-0.3, -0.25) is 4.79 Å². The maximum atomic E-state index is 12.9. The molecule has 0 aliphatic carbocycles. The Labute approximate surface area is 151 Å². The largest absolute Gasteiger partial charge is 0.492 e. The fourth-order valence-corrected chi connectivity index (χ4v) is 3.93. The van der Waals surface area contributed by atoms with Crippen LogP contribution in [0.3, 0.4) is 0 Å². The Kier molecular flexibility index (Phi) is 6.41. The monoisotopic (exact) mass is 383 g/mol. The molecule has 2 rings (SSSR count). The molecule has 2 aromatic rings. The van der Waals surface area contributed by atoms with Gasteiger partial charge in [-0.05, 0) is 30.7 Å². The van der Waals surface area contributed by atoms with Gasteiger partial charge in [-0.2, -0.15) is 4.31 Å². The number of rotatable bonds is 8. The van der Waals surface area contributed by atoms with Crippen molar-refractivity contribution in [3.05, 3.63) is 59.1 Å². The molecule has 0 aliphatic rings. The molecule has 0 fully saturated rings. The molecule has 0 saturated heterocycles. The molecule has 0 amide bonds. The average Bonchev–Trinajstić information content (AvgIpc) is 2.56. The number of carboxylic acid groups (broad SMARTS) is 1. The van der Waals surface area contributed by atoms with Crippen molar-refractivity contribution in [2.75, 3.05) is 13.2 Å². The van der Waals surface area contributed by atoms with Crippen LogP contribution in [0.4, 0.5) is 0 Å². The zero-order chi connectivity index (χ0) is 18.4. The summed E-state index contributed by atoms with van der Waals surface area (Å²) in [6.07, 6.45) is 0. The predicted octanol–water partition coefficient (Wildman–Crippen LogP) is 3.01. The van der Waals surface area contributed by atoms with E-state index in [1.165, 1.54) is 18.2 Å². The number of carbonyl (C=O) groups is 1. The van der Waals surface area contributed by atoms with Crippen molar-refractivity contribution in [1.29, 1.82) is 0 Å². The zero-order valence-electron chi connectivity index (χ0n) is 13.6. The molecule has 0 spiro atoms. The van der Waals surface area contributed by atoms with Gasteiger partial charge in [0.2, 0.25) is 10.0 Å². The third-order valence-electron chi connectivity index (χ3n) is 3.35. The molecule has 0 radical (unpaired) electrons.